The fourth-order valence-electron chi connectivity index (χ4n) is 2.09. The molecule has 2 rings (SSSR count). The van der Waals surface area contributed by atoms with E-state index in [-0.39, 0.29) is 0 Å². The summed E-state index contributed by atoms with van der Waals surface area (Å²) < 4.78 is 11.2. The Bertz CT molecular complexity index is 319. The van der Waals surface area contributed by atoms with E-state index in [4.69, 9.17) is 9.15 Å². The van der Waals surface area contributed by atoms with Crippen molar-refractivity contribution < 1.29 is 9.15 Å². The summed E-state index contributed by atoms with van der Waals surface area (Å²) in [4.78, 5) is 4.26. The third-order valence-corrected chi connectivity index (χ3v) is 3.04. The minimum absolute atomic E-state index is 0.432. The number of aryl methyl sites for hydroxylation is 1. The van der Waals surface area contributed by atoms with Crippen molar-refractivity contribution in [2.45, 2.75) is 51.7 Å². The minimum Gasteiger partial charge on any atom is -0.444 e. The fraction of sp³-hybridized carbons (Fsp3) is 0.769. The summed E-state index contributed by atoms with van der Waals surface area (Å²) >= 11 is 0. The van der Waals surface area contributed by atoms with Gasteiger partial charge in [0.05, 0.1) is 18.8 Å². The lowest BCUT2D eigenvalue weighted by Crippen LogP contribution is -2.13. The van der Waals surface area contributed by atoms with Crippen LogP contribution in [0.5, 0.6) is 0 Å². The second kappa shape index (κ2) is 6.77. The first kappa shape index (κ1) is 12.6. The number of hydrogen-bond donors (Lipinski definition) is 1. The molecule has 4 nitrogen and oxygen atoms in total. The highest BCUT2D eigenvalue weighted by atomic mass is 16.5. The lowest BCUT2D eigenvalue weighted by molar-refractivity contribution is 0.103. The largest absolute Gasteiger partial charge is 0.444 e. The maximum Gasteiger partial charge on any atom is 0.208 e. The van der Waals surface area contributed by atoms with Crippen LogP contribution >= 0.6 is 0 Å². The van der Waals surface area contributed by atoms with Gasteiger partial charge in [-0.2, -0.15) is 0 Å². The molecule has 1 saturated heterocycles. The molecule has 0 bridgehead atoms. The minimum atomic E-state index is 0.432. The van der Waals surface area contributed by atoms with Gasteiger partial charge < -0.3 is 14.5 Å². The number of rotatable bonds is 7. The second-order valence-electron chi connectivity index (χ2n) is 4.57. The van der Waals surface area contributed by atoms with E-state index in [9.17, 15) is 0 Å². The molecule has 0 aromatic carbocycles. The molecule has 0 aliphatic carbocycles. The molecule has 0 radical (unpaired) electrons. The Kier molecular flexibility index (Phi) is 5.01. The molecule has 1 aliphatic heterocycles. The van der Waals surface area contributed by atoms with Crippen LogP contribution in [0, 0.1) is 0 Å². The van der Waals surface area contributed by atoms with Gasteiger partial charge in [0.1, 0.15) is 5.76 Å². The van der Waals surface area contributed by atoms with Gasteiger partial charge in [-0.3, -0.25) is 0 Å². The summed E-state index contributed by atoms with van der Waals surface area (Å²) in [5, 5.41) is 3.28. The summed E-state index contributed by atoms with van der Waals surface area (Å²) in [6, 6.07) is 0. The zero-order chi connectivity index (χ0) is 11.9. The van der Waals surface area contributed by atoms with Crippen LogP contribution in [0.3, 0.4) is 0 Å². The predicted octanol–water partition coefficient (Wildman–Crippen LogP) is 2.29. The maximum absolute atomic E-state index is 5.66. The molecule has 17 heavy (non-hydrogen) atoms. The zero-order valence-electron chi connectivity index (χ0n) is 10.6. The average molecular weight is 238 g/mol. The van der Waals surface area contributed by atoms with Crippen LogP contribution in [0.1, 0.15) is 44.3 Å². The first-order valence-corrected chi connectivity index (χ1v) is 6.64. The Labute approximate surface area is 103 Å². The average Bonchev–Trinajstić information content (AvgIpc) is 2.98. The molecule has 96 valence electrons. The summed E-state index contributed by atoms with van der Waals surface area (Å²) in [7, 11) is 0. The number of nitrogens with zero attached hydrogens (tertiary/aromatic N) is 1. The van der Waals surface area contributed by atoms with Gasteiger partial charge in [-0.05, 0) is 32.2 Å². The van der Waals surface area contributed by atoms with Crippen LogP contribution in [-0.4, -0.2) is 24.2 Å². The molecule has 2 heterocycles. The number of hydrogen-bond acceptors (Lipinski definition) is 4. The standard InChI is InChI=1S/C13H22N2O2/c1-2-7-14-10-13-15-9-12(17-13)6-5-11-4-3-8-16-11/h9,11,14H,2-8,10H2,1H3. The molecule has 1 aromatic rings. The van der Waals surface area contributed by atoms with Gasteiger partial charge in [-0.1, -0.05) is 6.92 Å². The molecular formula is C13H22N2O2. The highest BCUT2D eigenvalue weighted by molar-refractivity contribution is 4.95. The monoisotopic (exact) mass is 238 g/mol. The van der Waals surface area contributed by atoms with Gasteiger partial charge in [-0.25, -0.2) is 4.98 Å². The quantitative estimate of drug-likeness (QED) is 0.740. The summed E-state index contributed by atoms with van der Waals surface area (Å²) in [6.45, 7) is 4.81. The topological polar surface area (TPSA) is 47.3 Å². The number of oxazole rings is 1. The Hall–Kier alpha value is -0.870. The fourth-order valence-corrected chi connectivity index (χ4v) is 2.09. The first-order chi connectivity index (χ1) is 8.38. The highest BCUT2D eigenvalue weighted by Gasteiger charge is 2.16. The summed E-state index contributed by atoms with van der Waals surface area (Å²) in [6.07, 6.45) is 7.79. The number of ether oxygens (including phenoxy) is 1. The molecule has 1 aliphatic rings. The van der Waals surface area contributed by atoms with Gasteiger partial charge in [0, 0.05) is 13.0 Å². The van der Waals surface area contributed by atoms with Gasteiger partial charge in [0.25, 0.3) is 0 Å². The molecule has 1 aromatic heterocycles. The third-order valence-electron chi connectivity index (χ3n) is 3.04. The number of nitrogens with one attached hydrogen (secondary N) is 1. The van der Waals surface area contributed by atoms with Gasteiger partial charge in [0.2, 0.25) is 5.89 Å². The van der Waals surface area contributed by atoms with Crippen molar-refractivity contribution in [1.82, 2.24) is 10.3 Å². The molecule has 1 N–H and O–H groups in total. The van der Waals surface area contributed by atoms with Crippen LogP contribution in [0.4, 0.5) is 0 Å². The van der Waals surface area contributed by atoms with Crippen molar-refractivity contribution in [1.29, 1.82) is 0 Å². The van der Waals surface area contributed by atoms with Gasteiger partial charge in [-0.15, -0.1) is 0 Å². The third kappa shape index (κ3) is 4.13. The molecule has 1 atom stereocenters. The van der Waals surface area contributed by atoms with Crippen LogP contribution in [0.2, 0.25) is 0 Å². The maximum atomic E-state index is 5.66. The molecule has 0 saturated carbocycles. The van der Waals surface area contributed by atoms with Gasteiger partial charge >= 0.3 is 0 Å². The Morgan fingerprint density at radius 1 is 1.53 bits per heavy atom. The van der Waals surface area contributed by atoms with Crippen molar-refractivity contribution in [3.8, 4) is 0 Å². The van der Waals surface area contributed by atoms with E-state index in [0.717, 1.165) is 50.6 Å². The van der Waals surface area contributed by atoms with E-state index in [1.165, 1.54) is 12.8 Å². The van der Waals surface area contributed by atoms with Crippen molar-refractivity contribution in [2.24, 2.45) is 0 Å². The van der Waals surface area contributed by atoms with Crippen LogP contribution in [0.15, 0.2) is 10.6 Å². The smallest absolute Gasteiger partial charge is 0.208 e. The van der Waals surface area contributed by atoms with Gasteiger partial charge in [0.15, 0.2) is 0 Å². The SMILES string of the molecule is CCCNCc1ncc(CCC2CCCO2)o1. The lowest BCUT2D eigenvalue weighted by Gasteiger charge is -2.06. The number of aromatic nitrogens is 1. The Morgan fingerprint density at radius 2 is 2.47 bits per heavy atom. The molecule has 0 amide bonds. The van der Waals surface area contributed by atoms with Crippen molar-refractivity contribution in [3.05, 3.63) is 17.8 Å². The van der Waals surface area contributed by atoms with Crippen molar-refractivity contribution in [2.75, 3.05) is 13.2 Å². The van der Waals surface area contributed by atoms with E-state index >= 15 is 0 Å². The Morgan fingerprint density at radius 3 is 3.24 bits per heavy atom. The molecule has 0 spiro atoms. The van der Waals surface area contributed by atoms with E-state index in [1.54, 1.807) is 0 Å². The zero-order valence-corrected chi connectivity index (χ0v) is 10.6. The predicted molar refractivity (Wildman–Crippen MR) is 65.8 cm³/mol. The van der Waals surface area contributed by atoms with Crippen LogP contribution < -0.4 is 5.32 Å². The molecule has 4 heteroatoms. The van der Waals surface area contributed by atoms with E-state index in [0.29, 0.717) is 6.10 Å². The lowest BCUT2D eigenvalue weighted by atomic mass is 10.1. The molecule has 1 unspecified atom stereocenters. The highest BCUT2D eigenvalue weighted by Crippen LogP contribution is 2.18. The molecule has 1 fully saturated rings. The van der Waals surface area contributed by atoms with Crippen molar-refractivity contribution >= 4 is 0 Å². The second-order valence-corrected chi connectivity index (χ2v) is 4.57. The summed E-state index contributed by atoms with van der Waals surface area (Å²) in [5.74, 6) is 1.77. The normalized spacial score (nSPS) is 19.9. The van der Waals surface area contributed by atoms with Crippen LogP contribution in [0.25, 0.3) is 0 Å². The van der Waals surface area contributed by atoms with E-state index < -0.39 is 0 Å². The Balaban J connectivity index is 1.69. The van der Waals surface area contributed by atoms with E-state index in [1.807, 2.05) is 6.20 Å². The first-order valence-electron chi connectivity index (χ1n) is 6.64. The van der Waals surface area contributed by atoms with Crippen LogP contribution in [-0.2, 0) is 17.7 Å². The summed E-state index contributed by atoms with van der Waals surface area (Å²) in [5.41, 5.74) is 0. The molecular weight excluding hydrogens is 216 g/mol. The van der Waals surface area contributed by atoms with E-state index in [2.05, 4.69) is 17.2 Å². The van der Waals surface area contributed by atoms with Crippen molar-refractivity contribution in [3.63, 3.8) is 0 Å².